The van der Waals surface area contributed by atoms with Crippen molar-refractivity contribution in [3.8, 4) is 0 Å². The average molecular weight is 303 g/mol. The first-order valence-corrected chi connectivity index (χ1v) is 8.38. The van der Waals surface area contributed by atoms with Crippen molar-refractivity contribution < 1.29 is 8.42 Å². The lowest BCUT2D eigenvalue weighted by Crippen LogP contribution is -2.29. The van der Waals surface area contributed by atoms with E-state index in [9.17, 15) is 8.42 Å². The summed E-state index contributed by atoms with van der Waals surface area (Å²) >= 11 is 0. The summed E-state index contributed by atoms with van der Waals surface area (Å²) in [6.07, 6.45) is 0. The molecule has 0 radical (unpaired) electrons. The van der Waals surface area contributed by atoms with Gasteiger partial charge < -0.3 is 0 Å². The molecule has 0 saturated heterocycles. The molecule has 2 aromatic carbocycles. The predicted octanol–water partition coefficient (Wildman–Crippen LogP) is 3.69. The number of sulfonamides is 1. The smallest absolute Gasteiger partial charge is 0.207 e. The summed E-state index contributed by atoms with van der Waals surface area (Å²) in [4.78, 5) is 0.343. The lowest BCUT2D eigenvalue weighted by molar-refractivity contribution is 0.398. The normalized spacial score (nSPS) is 13.4. The summed E-state index contributed by atoms with van der Waals surface area (Å²) in [6, 6.07) is 14.7. The summed E-state index contributed by atoms with van der Waals surface area (Å²) < 4.78 is 26.9. The standard InChI is InChI=1S/C17H21NO2S/c1-13-10-11-17(12-14(13)2)21(19,20)18(4)15(3)16-8-6-5-7-9-16/h5-12,15H,1-4H3. The summed E-state index contributed by atoms with van der Waals surface area (Å²) in [5.41, 5.74) is 3.05. The van der Waals surface area contributed by atoms with E-state index in [1.165, 1.54) is 4.31 Å². The second-order valence-corrected chi connectivity index (χ2v) is 7.35. The molecular weight excluding hydrogens is 282 g/mol. The molecule has 2 rings (SSSR count). The predicted molar refractivity (Wildman–Crippen MR) is 85.7 cm³/mol. The summed E-state index contributed by atoms with van der Waals surface area (Å²) in [6.45, 7) is 5.80. The Bertz CT molecular complexity index is 724. The highest BCUT2D eigenvalue weighted by Gasteiger charge is 2.26. The minimum atomic E-state index is -3.49. The van der Waals surface area contributed by atoms with E-state index in [4.69, 9.17) is 0 Å². The lowest BCUT2D eigenvalue weighted by atomic mass is 10.1. The van der Waals surface area contributed by atoms with Gasteiger partial charge in [0.2, 0.25) is 10.0 Å². The number of nitrogens with zero attached hydrogens (tertiary/aromatic N) is 1. The SMILES string of the molecule is Cc1ccc(S(=O)(=O)N(C)C(C)c2ccccc2)cc1C. The molecule has 0 saturated carbocycles. The Balaban J connectivity index is 2.36. The molecule has 0 aliphatic heterocycles. The van der Waals surface area contributed by atoms with Gasteiger partial charge in [0.05, 0.1) is 4.90 Å². The zero-order valence-corrected chi connectivity index (χ0v) is 13.7. The third-order valence-corrected chi connectivity index (χ3v) is 5.91. The third-order valence-electron chi connectivity index (χ3n) is 3.98. The van der Waals surface area contributed by atoms with Gasteiger partial charge in [0.25, 0.3) is 0 Å². The number of hydrogen-bond donors (Lipinski definition) is 0. The first-order chi connectivity index (χ1) is 9.84. The van der Waals surface area contributed by atoms with Crippen LogP contribution in [0.4, 0.5) is 0 Å². The molecular formula is C17H21NO2S. The van der Waals surface area contributed by atoms with Crippen LogP contribution in [-0.2, 0) is 10.0 Å². The summed E-state index contributed by atoms with van der Waals surface area (Å²) in [7, 11) is -1.87. The molecule has 0 aliphatic carbocycles. The average Bonchev–Trinajstić information content (AvgIpc) is 2.49. The van der Waals surface area contributed by atoms with Gasteiger partial charge in [-0.05, 0) is 49.6 Å². The number of benzene rings is 2. The fraction of sp³-hybridized carbons (Fsp3) is 0.294. The first kappa shape index (κ1) is 15.7. The van der Waals surface area contributed by atoms with Gasteiger partial charge in [-0.2, -0.15) is 4.31 Å². The van der Waals surface area contributed by atoms with Crippen LogP contribution in [0.5, 0.6) is 0 Å². The van der Waals surface area contributed by atoms with Gasteiger partial charge in [-0.3, -0.25) is 0 Å². The number of aryl methyl sites for hydroxylation is 2. The molecule has 0 aromatic heterocycles. The molecule has 21 heavy (non-hydrogen) atoms. The molecule has 3 nitrogen and oxygen atoms in total. The van der Waals surface area contributed by atoms with Crippen molar-refractivity contribution in [1.82, 2.24) is 4.31 Å². The Morgan fingerprint density at radius 2 is 1.57 bits per heavy atom. The van der Waals surface area contributed by atoms with Crippen molar-refractivity contribution >= 4 is 10.0 Å². The highest BCUT2D eigenvalue weighted by atomic mass is 32.2. The van der Waals surface area contributed by atoms with Gasteiger partial charge in [0.1, 0.15) is 0 Å². The van der Waals surface area contributed by atoms with Gasteiger partial charge in [-0.1, -0.05) is 36.4 Å². The van der Waals surface area contributed by atoms with Crippen LogP contribution in [0.1, 0.15) is 29.7 Å². The van der Waals surface area contributed by atoms with Gasteiger partial charge in [-0.25, -0.2) is 8.42 Å². The van der Waals surface area contributed by atoms with E-state index in [0.29, 0.717) is 4.90 Å². The van der Waals surface area contributed by atoms with Crippen LogP contribution in [-0.4, -0.2) is 19.8 Å². The van der Waals surface area contributed by atoms with Crippen molar-refractivity contribution in [2.24, 2.45) is 0 Å². The van der Waals surface area contributed by atoms with Gasteiger partial charge >= 0.3 is 0 Å². The zero-order valence-electron chi connectivity index (χ0n) is 12.9. The molecule has 112 valence electrons. The quantitative estimate of drug-likeness (QED) is 0.864. The van der Waals surface area contributed by atoms with E-state index in [2.05, 4.69) is 0 Å². The van der Waals surface area contributed by atoms with Crippen molar-refractivity contribution in [2.45, 2.75) is 31.7 Å². The summed E-state index contributed by atoms with van der Waals surface area (Å²) in [5, 5.41) is 0. The van der Waals surface area contributed by atoms with Gasteiger partial charge in [0, 0.05) is 13.1 Å². The van der Waals surface area contributed by atoms with E-state index < -0.39 is 10.0 Å². The van der Waals surface area contributed by atoms with Gasteiger partial charge in [-0.15, -0.1) is 0 Å². The van der Waals surface area contributed by atoms with Crippen LogP contribution in [0.25, 0.3) is 0 Å². The monoisotopic (exact) mass is 303 g/mol. The second-order valence-electron chi connectivity index (χ2n) is 5.35. The van der Waals surface area contributed by atoms with Crippen LogP contribution in [0.15, 0.2) is 53.4 Å². The van der Waals surface area contributed by atoms with E-state index in [1.807, 2.05) is 57.2 Å². The van der Waals surface area contributed by atoms with Crippen molar-refractivity contribution in [3.63, 3.8) is 0 Å². The van der Waals surface area contributed by atoms with Crippen molar-refractivity contribution in [1.29, 1.82) is 0 Å². The minimum Gasteiger partial charge on any atom is -0.207 e. The highest BCUT2D eigenvalue weighted by Crippen LogP contribution is 2.26. The minimum absolute atomic E-state index is 0.210. The first-order valence-electron chi connectivity index (χ1n) is 6.94. The van der Waals surface area contributed by atoms with E-state index in [0.717, 1.165) is 16.7 Å². The topological polar surface area (TPSA) is 37.4 Å². The van der Waals surface area contributed by atoms with Crippen LogP contribution in [0.3, 0.4) is 0 Å². The van der Waals surface area contributed by atoms with Crippen LogP contribution < -0.4 is 0 Å². The number of hydrogen-bond acceptors (Lipinski definition) is 2. The molecule has 0 fully saturated rings. The van der Waals surface area contributed by atoms with E-state index in [1.54, 1.807) is 19.2 Å². The lowest BCUT2D eigenvalue weighted by Gasteiger charge is -2.25. The maximum atomic E-state index is 12.7. The fourth-order valence-corrected chi connectivity index (χ4v) is 3.63. The maximum Gasteiger partial charge on any atom is 0.243 e. The molecule has 0 amide bonds. The molecule has 0 heterocycles. The molecule has 1 unspecified atom stereocenters. The van der Waals surface area contributed by atoms with Crippen LogP contribution >= 0.6 is 0 Å². The molecule has 1 atom stereocenters. The molecule has 0 aliphatic rings. The van der Waals surface area contributed by atoms with E-state index in [-0.39, 0.29) is 6.04 Å². The van der Waals surface area contributed by atoms with Gasteiger partial charge in [0.15, 0.2) is 0 Å². The largest absolute Gasteiger partial charge is 0.243 e. The van der Waals surface area contributed by atoms with Crippen LogP contribution in [0.2, 0.25) is 0 Å². The molecule has 4 heteroatoms. The molecule has 0 N–H and O–H groups in total. The molecule has 0 bridgehead atoms. The second kappa shape index (κ2) is 6.00. The Morgan fingerprint density at radius 3 is 2.14 bits per heavy atom. The third kappa shape index (κ3) is 3.17. The Labute approximate surface area is 127 Å². The van der Waals surface area contributed by atoms with Crippen molar-refractivity contribution in [3.05, 3.63) is 65.2 Å². The van der Waals surface area contributed by atoms with E-state index >= 15 is 0 Å². The summed E-state index contributed by atoms with van der Waals surface area (Å²) in [5.74, 6) is 0. The Kier molecular flexibility index (Phi) is 4.49. The zero-order chi connectivity index (χ0) is 15.6. The molecule has 0 spiro atoms. The molecule has 2 aromatic rings. The maximum absolute atomic E-state index is 12.7. The Hall–Kier alpha value is -1.65. The number of rotatable bonds is 4. The van der Waals surface area contributed by atoms with Crippen molar-refractivity contribution in [2.75, 3.05) is 7.05 Å². The van der Waals surface area contributed by atoms with Crippen LogP contribution in [0, 0.1) is 13.8 Å². The Morgan fingerprint density at radius 1 is 0.952 bits per heavy atom. The fourth-order valence-electron chi connectivity index (χ4n) is 2.19. The highest BCUT2D eigenvalue weighted by molar-refractivity contribution is 7.89.